The van der Waals surface area contributed by atoms with Crippen LogP contribution in [0.5, 0.6) is 0 Å². The molecule has 1 fully saturated rings. The van der Waals surface area contributed by atoms with E-state index < -0.39 is 5.54 Å². The molecule has 0 aliphatic heterocycles. The third-order valence-electron chi connectivity index (χ3n) is 4.27. The summed E-state index contributed by atoms with van der Waals surface area (Å²) < 4.78 is 7.27. The fourth-order valence-electron chi connectivity index (χ4n) is 3.39. The average Bonchev–Trinajstić information content (AvgIpc) is 2.95. The summed E-state index contributed by atoms with van der Waals surface area (Å²) in [5.41, 5.74) is -0.540. The zero-order valence-electron chi connectivity index (χ0n) is 12.7. The highest BCUT2D eigenvalue weighted by Gasteiger charge is 2.43. The van der Waals surface area contributed by atoms with Gasteiger partial charge in [0.15, 0.2) is 0 Å². The van der Waals surface area contributed by atoms with E-state index in [9.17, 15) is 4.79 Å². The van der Waals surface area contributed by atoms with Gasteiger partial charge in [0, 0.05) is 24.9 Å². The summed E-state index contributed by atoms with van der Waals surface area (Å²) in [6.07, 6.45) is 8.53. The second-order valence-electron chi connectivity index (χ2n) is 5.46. The minimum Gasteiger partial charge on any atom is -0.468 e. The Balaban J connectivity index is 2.23. The molecular weight excluding hydrogens is 254 g/mol. The number of imidazole rings is 1. The standard InChI is InChI=1S/C15H25N3O2/c1-4-13-16-9-10-18(13)12-7-6-8-15(11-12,17-5-2)14(19)20-3/h9-10,12,17H,4-8,11H2,1-3H3. The van der Waals surface area contributed by atoms with Crippen molar-refractivity contribution in [3.8, 4) is 0 Å². The summed E-state index contributed by atoms with van der Waals surface area (Å²) >= 11 is 0. The lowest BCUT2D eigenvalue weighted by molar-refractivity contribution is -0.150. The number of hydrogen-bond acceptors (Lipinski definition) is 4. The van der Waals surface area contributed by atoms with Crippen LogP contribution < -0.4 is 5.32 Å². The average molecular weight is 279 g/mol. The molecule has 0 aromatic carbocycles. The summed E-state index contributed by atoms with van der Waals surface area (Å²) in [6.45, 7) is 4.91. The SMILES string of the molecule is CCNC1(C(=O)OC)CCCC(n2ccnc2CC)C1. The first-order valence-corrected chi connectivity index (χ1v) is 7.52. The van der Waals surface area contributed by atoms with Gasteiger partial charge < -0.3 is 14.6 Å². The Bertz CT molecular complexity index is 454. The third kappa shape index (κ3) is 2.73. The second kappa shape index (κ2) is 6.39. The molecule has 0 bridgehead atoms. The van der Waals surface area contributed by atoms with Crippen LogP contribution >= 0.6 is 0 Å². The van der Waals surface area contributed by atoms with E-state index in [2.05, 4.69) is 21.8 Å². The minimum absolute atomic E-state index is 0.137. The first kappa shape index (κ1) is 15.0. The van der Waals surface area contributed by atoms with Crippen molar-refractivity contribution in [1.29, 1.82) is 0 Å². The maximum absolute atomic E-state index is 12.2. The number of hydrogen-bond donors (Lipinski definition) is 1. The predicted molar refractivity (Wildman–Crippen MR) is 77.5 cm³/mol. The Kier molecular flexibility index (Phi) is 4.81. The fourth-order valence-corrected chi connectivity index (χ4v) is 3.39. The Morgan fingerprint density at radius 3 is 3.05 bits per heavy atom. The Labute approximate surface area is 120 Å². The van der Waals surface area contributed by atoms with Gasteiger partial charge in [0.25, 0.3) is 0 Å². The zero-order chi connectivity index (χ0) is 14.6. The molecule has 5 heteroatoms. The number of esters is 1. The van der Waals surface area contributed by atoms with Gasteiger partial charge in [0.05, 0.1) is 7.11 Å². The van der Waals surface area contributed by atoms with Crippen LogP contribution in [0.1, 0.15) is 51.4 Å². The Morgan fingerprint density at radius 2 is 2.40 bits per heavy atom. The van der Waals surface area contributed by atoms with Gasteiger partial charge in [0.1, 0.15) is 11.4 Å². The van der Waals surface area contributed by atoms with Gasteiger partial charge in [-0.2, -0.15) is 0 Å². The fraction of sp³-hybridized carbons (Fsp3) is 0.733. The molecule has 2 atom stereocenters. The van der Waals surface area contributed by atoms with Gasteiger partial charge in [-0.15, -0.1) is 0 Å². The molecule has 0 radical (unpaired) electrons. The molecule has 1 saturated carbocycles. The highest BCUT2D eigenvalue weighted by atomic mass is 16.5. The maximum atomic E-state index is 12.2. The van der Waals surface area contributed by atoms with Crippen molar-refractivity contribution in [2.75, 3.05) is 13.7 Å². The Hall–Kier alpha value is -1.36. The molecule has 1 aromatic rings. The molecule has 5 nitrogen and oxygen atoms in total. The van der Waals surface area contributed by atoms with Crippen LogP contribution in [0.4, 0.5) is 0 Å². The van der Waals surface area contributed by atoms with E-state index in [0.29, 0.717) is 6.04 Å². The van der Waals surface area contributed by atoms with Crippen LogP contribution in [-0.4, -0.2) is 34.7 Å². The third-order valence-corrected chi connectivity index (χ3v) is 4.27. The molecular formula is C15H25N3O2. The number of rotatable bonds is 5. The van der Waals surface area contributed by atoms with Crippen LogP contribution in [0.2, 0.25) is 0 Å². The molecule has 1 aliphatic carbocycles. The number of nitrogens with zero attached hydrogens (tertiary/aromatic N) is 2. The lowest BCUT2D eigenvalue weighted by Gasteiger charge is -2.40. The summed E-state index contributed by atoms with van der Waals surface area (Å²) in [5, 5.41) is 3.37. The van der Waals surface area contributed by atoms with Crippen molar-refractivity contribution >= 4 is 5.97 Å². The number of methoxy groups -OCH3 is 1. The summed E-state index contributed by atoms with van der Waals surface area (Å²) in [6, 6.07) is 0.319. The van der Waals surface area contributed by atoms with Crippen molar-refractivity contribution in [2.24, 2.45) is 0 Å². The van der Waals surface area contributed by atoms with E-state index in [1.54, 1.807) is 0 Å². The van der Waals surface area contributed by atoms with Crippen LogP contribution in [-0.2, 0) is 16.0 Å². The first-order valence-electron chi connectivity index (χ1n) is 7.52. The van der Waals surface area contributed by atoms with Crippen molar-refractivity contribution in [2.45, 2.75) is 57.5 Å². The summed E-state index contributed by atoms with van der Waals surface area (Å²) in [5.74, 6) is 0.953. The molecule has 2 unspecified atom stereocenters. The van der Waals surface area contributed by atoms with Crippen molar-refractivity contribution < 1.29 is 9.53 Å². The molecule has 112 valence electrons. The van der Waals surface area contributed by atoms with Crippen molar-refractivity contribution in [3.05, 3.63) is 18.2 Å². The van der Waals surface area contributed by atoms with Gasteiger partial charge in [-0.05, 0) is 32.2 Å². The molecule has 2 rings (SSSR count). The molecule has 0 spiro atoms. The molecule has 0 saturated heterocycles. The van der Waals surface area contributed by atoms with Crippen LogP contribution in [0.15, 0.2) is 12.4 Å². The van der Waals surface area contributed by atoms with Crippen LogP contribution in [0, 0.1) is 0 Å². The van der Waals surface area contributed by atoms with E-state index in [-0.39, 0.29) is 5.97 Å². The second-order valence-corrected chi connectivity index (χ2v) is 5.46. The maximum Gasteiger partial charge on any atom is 0.326 e. The topological polar surface area (TPSA) is 56.1 Å². The number of ether oxygens (including phenoxy) is 1. The minimum atomic E-state index is -0.540. The predicted octanol–water partition coefficient (Wildman–Crippen LogP) is 2.08. The summed E-state index contributed by atoms with van der Waals surface area (Å²) in [4.78, 5) is 16.6. The lowest BCUT2D eigenvalue weighted by Crippen LogP contribution is -2.55. The highest BCUT2D eigenvalue weighted by molar-refractivity contribution is 5.81. The highest BCUT2D eigenvalue weighted by Crippen LogP contribution is 2.37. The van der Waals surface area contributed by atoms with E-state index in [0.717, 1.165) is 44.5 Å². The van der Waals surface area contributed by atoms with E-state index >= 15 is 0 Å². The molecule has 1 heterocycles. The zero-order valence-corrected chi connectivity index (χ0v) is 12.7. The largest absolute Gasteiger partial charge is 0.468 e. The Morgan fingerprint density at radius 1 is 1.60 bits per heavy atom. The van der Waals surface area contributed by atoms with Crippen molar-refractivity contribution in [1.82, 2.24) is 14.9 Å². The molecule has 20 heavy (non-hydrogen) atoms. The van der Waals surface area contributed by atoms with E-state index in [1.165, 1.54) is 7.11 Å². The number of nitrogens with one attached hydrogen (secondary N) is 1. The van der Waals surface area contributed by atoms with Gasteiger partial charge >= 0.3 is 5.97 Å². The van der Waals surface area contributed by atoms with Gasteiger partial charge in [-0.25, -0.2) is 4.98 Å². The number of carbonyl (C=O) groups excluding carboxylic acids is 1. The monoisotopic (exact) mass is 279 g/mol. The molecule has 1 N–H and O–H groups in total. The number of aromatic nitrogens is 2. The lowest BCUT2D eigenvalue weighted by atomic mass is 9.78. The first-order chi connectivity index (χ1) is 9.66. The van der Waals surface area contributed by atoms with Gasteiger partial charge in [-0.3, -0.25) is 4.79 Å². The van der Waals surface area contributed by atoms with E-state index in [4.69, 9.17) is 4.74 Å². The molecule has 0 amide bonds. The molecule has 1 aromatic heterocycles. The number of likely N-dealkylation sites (N-methyl/N-ethyl adjacent to an activating group) is 1. The van der Waals surface area contributed by atoms with Gasteiger partial charge in [-0.1, -0.05) is 13.8 Å². The smallest absolute Gasteiger partial charge is 0.326 e. The van der Waals surface area contributed by atoms with Gasteiger partial charge in [0.2, 0.25) is 0 Å². The summed E-state index contributed by atoms with van der Waals surface area (Å²) in [7, 11) is 1.47. The number of carbonyl (C=O) groups is 1. The molecule has 1 aliphatic rings. The normalized spacial score (nSPS) is 26.4. The van der Waals surface area contributed by atoms with Crippen molar-refractivity contribution in [3.63, 3.8) is 0 Å². The quantitative estimate of drug-likeness (QED) is 0.838. The number of aryl methyl sites for hydroxylation is 1. The van der Waals surface area contributed by atoms with E-state index in [1.807, 2.05) is 19.3 Å². The van der Waals surface area contributed by atoms with Crippen LogP contribution in [0.25, 0.3) is 0 Å². The van der Waals surface area contributed by atoms with Crippen LogP contribution in [0.3, 0.4) is 0 Å².